The zero-order valence-electron chi connectivity index (χ0n) is 14.1. The first kappa shape index (κ1) is 15.0. The topological polar surface area (TPSA) is 0 Å². The summed E-state index contributed by atoms with van der Waals surface area (Å²) in [6.45, 7) is 2.28. The summed E-state index contributed by atoms with van der Waals surface area (Å²) in [5, 5.41) is 5.42. The zero-order valence-corrected chi connectivity index (χ0v) is 14.1. The van der Waals surface area contributed by atoms with Gasteiger partial charge in [0.25, 0.3) is 0 Å². The van der Waals surface area contributed by atoms with Crippen LogP contribution in [0.1, 0.15) is 36.8 Å². The molecule has 4 rings (SSSR count). The van der Waals surface area contributed by atoms with Crippen molar-refractivity contribution in [3.05, 3.63) is 96.1 Å². The van der Waals surface area contributed by atoms with Crippen LogP contribution in [0.2, 0.25) is 0 Å². The predicted molar refractivity (Wildman–Crippen MR) is 105 cm³/mol. The van der Waals surface area contributed by atoms with Crippen LogP contribution in [0.25, 0.3) is 21.5 Å². The molecule has 0 unspecified atom stereocenters. The van der Waals surface area contributed by atoms with E-state index in [1.54, 1.807) is 0 Å². The van der Waals surface area contributed by atoms with E-state index in [-0.39, 0.29) is 0 Å². The van der Waals surface area contributed by atoms with E-state index in [9.17, 15) is 0 Å². The van der Waals surface area contributed by atoms with Gasteiger partial charge in [-0.1, -0.05) is 98.3 Å². The fourth-order valence-electron chi connectivity index (χ4n) is 3.88. The van der Waals surface area contributed by atoms with Crippen LogP contribution in [0.15, 0.2) is 84.9 Å². The van der Waals surface area contributed by atoms with Crippen LogP contribution in [0, 0.1) is 0 Å². The number of hydrogen-bond acceptors (Lipinski definition) is 0. The van der Waals surface area contributed by atoms with Gasteiger partial charge < -0.3 is 0 Å². The van der Waals surface area contributed by atoms with Crippen molar-refractivity contribution in [2.75, 3.05) is 0 Å². The molecule has 0 aliphatic heterocycles. The Morgan fingerprint density at radius 2 is 1.04 bits per heavy atom. The smallest absolute Gasteiger partial charge is 0.0101 e. The lowest BCUT2D eigenvalue weighted by molar-refractivity contribution is 0.707. The molecule has 0 aromatic heterocycles. The van der Waals surface area contributed by atoms with Crippen LogP contribution >= 0.6 is 0 Å². The maximum Gasteiger partial charge on any atom is 0.0101 e. The van der Waals surface area contributed by atoms with Crippen LogP contribution in [0.4, 0.5) is 0 Å². The molecule has 0 amide bonds. The monoisotopic (exact) mass is 310 g/mol. The van der Waals surface area contributed by atoms with Gasteiger partial charge in [-0.15, -0.1) is 0 Å². The molecule has 0 fully saturated rings. The van der Waals surface area contributed by atoms with E-state index in [1.165, 1.54) is 45.5 Å². The van der Waals surface area contributed by atoms with Crippen molar-refractivity contribution in [1.29, 1.82) is 0 Å². The minimum atomic E-state index is 0.437. The van der Waals surface area contributed by atoms with Crippen molar-refractivity contribution >= 4 is 21.5 Å². The molecule has 0 atom stereocenters. The van der Waals surface area contributed by atoms with Crippen LogP contribution < -0.4 is 0 Å². The first-order chi connectivity index (χ1) is 11.9. The SMILES string of the molecule is CCCC(c1cccc2ccccc12)c1cccc2ccccc12. The lowest BCUT2D eigenvalue weighted by Gasteiger charge is -2.21. The molecule has 0 heteroatoms. The third-order valence-corrected chi connectivity index (χ3v) is 4.97. The van der Waals surface area contributed by atoms with Crippen molar-refractivity contribution < 1.29 is 0 Å². The second kappa shape index (κ2) is 6.49. The summed E-state index contributed by atoms with van der Waals surface area (Å²) in [6.07, 6.45) is 2.35. The van der Waals surface area contributed by atoms with Crippen molar-refractivity contribution in [3.8, 4) is 0 Å². The summed E-state index contributed by atoms with van der Waals surface area (Å²) in [5.74, 6) is 0.437. The molecule has 0 aliphatic rings. The van der Waals surface area contributed by atoms with Crippen LogP contribution in [0.5, 0.6) is 0 Å². The highest BCUT2D eigenvalue weighted by atomic mass is 14.2. The van der Waals surface area contributed by atoms with Crippen molar-refractivity contribution in [2.45, 2.75) is 25.7 Å². The molecule has 4 aromatic carbocycles. The average molecular weight is 310 g/mol. The van der Waals surface area contributed by atoms with Crippen LogP contribution in [-0.4, -0.2) is 0 Å². The molecule has 0 bridgehead atoms. The van der Waals surface area contributed by atoms with Gasteiger partial charge in [0.1, 0.15) is 0 Å². The molecule has 0 N–H and O–H groups in total. The summed E-state index contributed by atoms with van der Waals surface area (Å²) in [6, 6.07) is 30.9. The number of benzene rings is 4. The van der Waals surface area contributed by atoms with E-state index in [2.05, 4.69) is 91.9 Å². The third-order valence-electron chi connectivity index (χ3n) is 4.97. The van der Waals surface area contributed by atoms with E-state index in [0.717, 1.165) is 0 Å². The fraction of sp³-hybridized carbons (Fsp3) is 0.167. The summed E-state index contributed by atoms with van der Waals surface area (Å²) >= 11 is 0. The predicted octanol–water partition coefficient (Wildman–Crippen LogP) is 6.93. The molecule has 118 valence electrons. The fourth-order valence-corrected chi connectivity index (χ4v) is 3.88. The summed E-state index contributed by atoms with van der Waals surface area (Å²) in [4.78, 5) is 0. The van der Waals surface area contributed by atoms with Gasteiger partial charge >= 0.3 is 0 Å². The van der Waals surface area contributed by atoms with E-state index < -0.39 is 0 Å². The minimum Gasteiger partial charge on any atom is -0.0653 e. The standard InChI is InChI=1S/C24H22/c1-2-9-22(23-16-7-12-18-10-3-5-14-20(18)23)24-17-8-13-19-11-4-6-15-21(19)24/h3-8,10-17,22H,2,9H2,1H3. The highest BCUT2D eigenvalue weighted by Crippen LogP contribution is 2.37. The Kier molecular flexibility index (Phi) is 4.04. The Labute approximate surface area is 143 Å². The van der Waals surface area contributed by atoms with Crippen molar-refractivity contribution in [3.63, 3.8) is 0 Å². The van der Waals surface area contributed by atoms with Gasteiger partial charge in [-0.2, -0.15) is 0 Å². The highest BCUT2D eigenvalue weighted by Gasteiger charge is 2.17. The average Bonchev–Trinajstić information content (AvgIpc) is 2.65. The van der Waals surface area contributed by atoms with Gasteiger partial charge in [0.2, 0.25) is 0 Å². The second-order valence-corrected chi connectivity index (χ2v) is 6.48. The summed E-state index contributed by atoms with van der Waals surface area (Å²) in [5.41, 5.74) is 2.90. The molecule has 0 radical (unpaired) electrons. The van der Waals surface area contributed by atoms with E-state index >= 15 is 0 Å². The molecule has 0 nitrogen and oxygen atoms in total. The number of hydrogen-bond donors (Lipinski definition) is 0. The molecular weight excluding hydrogens is 288 g/mol. The third kappa shape index (κ3) is 2.59. The molecule has 0 saturated heterocycles. The van der Waals surface area contributed by atoms with Gasteiger partial charge in [0.15, 0.2) is 0 Å². The molecular formula is C24H22. The Morgan fingerprint density at radius 3 is 1.54 bits per heavy atom. The lowest BCUT2D eigenvalue weighted by atomic mass is 9.83. The Balaban J connectivity index is 1.96. The maximum atomic E-state index is 2.31. The number of fused-ring (bicyclic) bond motifs is 2. The maximum absolute atomic E-state index is 2.31. The molecule has 4 aromatic rings. The van der Waals surface area contributed by atoms with E-state index in [1.807, 2.05) is 0 Å². The van der Waals surface area contributed by atoms with E-state index in [0.29, 0.717) is 5.92 Å². The first-order valence-corrected chi connectivity index (χ1v) is 8.84. The largest absolute Gasteiger partial charge is 0.0653 e. The van der Waals surface area contributed by atoms with Gasteiger partial charge in [-0.25, -0.2) is 0 Å². The minimum absolute atomic E-state index is 0.437. The highest BCUT2D eigenvalue weighted by molar-refractivity contribution is 5.90. The van der Waals surface area contributed by atoms with E-state index in [4.69, 9.17) is 0 Å². The lowest BCUT2D eigenvalue weighted by Crippen LogP contribution is -2.03. The normalized spacial score (nSPS) is 11.4. The Morgan fingerprint density at radius 1 is 0.583 bits per heavy atom. The van der Waals surface area contributed by atoms with Crippen molar-refractivity contribution in [1.82, 2.24) is 0 Å². The summed E-state index contributed by atoms with van der Waals surface area (Å²) < 4.78 is 0. The zero-order chi connectivity index (χ0) is 16.4. The van der Waals surface area contributed by atoms with Crippen LogP contribution in [-0.2, 0) is 0 Å². The van der Waals surface area contributed by atoms with Crippen LogP contribution in [0.3, 0.4) is 0 Å². The molecule has 0 spiro atoms. The van der Waals surface area contributed by atoms with Gasteiger partial charge in [-0.3, -0.25) is 0 Å². The first-order valence-electron chi connectivity index (χ1n) is 8.84. The van der Waals surface area contributed by atoms with Crippen molar-refractivity contribution in [2.24, 2.45) is 0 Å². The van der Waals surface area contributed by atoms with Gasteiger partial charge in [0, 0.05) is 5.92 Å². The quantitative estimate of drug-likeness (QED) is 0.383. The molecule has 24 heavy (non-hydrogen) atoms. The molecule has 0 aliphatic carbocycles. The summed E-state index contributed by atoms with van der Waals surface area (Å²) in [7, 11) is 0. The Bertz CT molecular complexity index is 891. The van der Waals surface area contributed by atoms with Gasteiger partial charge in [-0.05, 0) is 39.1 Å². The Hall–Kier alpha value is -2.60. The molecule has 0 saturated carbocycles. The second-order valence-electron chi connectivity index (χ2n) is 6.48. The van der Waals surface area contributed by atoms with Gasteiger partial charge in [0.05, 0.1) is 0 Å². The number of rotatable bonds is 4. The molecule has 0 heterocycles.